The maximum Gasteiger partial charge on any atom is 0.241 e. The fraction of sp³-hybridized carbons (Fsp3) is 0.538. The second-order valence-corrected chi connectivity index (χ2v) is 6.22. The van der Waals surface area contributed by atoms with Crippen LogP contribution in [-0.2, 0) is 21.4 Å². The van der Waals surface area contributed by atoms with E-state index < -0.39 is 22.4 Å². The quantitative estimate of drug-likeness (QED) is 0.797. The molecule has 1 atom stereocenters. The van der Waals surface area contributed by atoms with Gasteiger partial charge in [0.2, 0.25) is 10.0 Å². The Morgan fingerprint density at radius 3 is 2.60 bits per heavy atom. The Kier molecular flexibility index (Phi) is 6.07. The zero-order chi connectivity index (χ0) is 15.3. The number of sulfonamides is 1. The molecular formula is C13H20FNO4S. The standard InChI is InChI=1S/C13H20FNO4S/c1-4-11(8-19-3)15-20(17,18)13-6-10(7-16)5-12(14)9(13)2/h5-6,11,15-16H,4,7-8H2,1-3H3. The number of nitrogens with one attached hydrogen (secondary N) is 1. The summed E-state index contributed by atoms with van der Waals surface area (Å²) >= 11 is 0. The molecule has 0 aliphatic rings. The van der Waals surface area contributed by atoms with Crippen LogP contribution in [0.2, 0.25) is 0 Å². The second-order valence-electron chi connectivity index (χ2n) is 4.54. The predicted molar refractivity (Wildman–Crippen MR) is 73.3 cm³/mol. The van der Waals surface area contributed by atoms with Gasteiger partial charge in [0.05, 0.1) is 18.1 Å². The highest BCUT2D eigenvalue weighted by molar-refractivity contribution is 7.89. The van der Waals surface area contributed by atoms with Crippen molar-refractivity contribution in [1.82, 2.24) is 4.72 Å². The molecule has 0 saturated carbocycles. The molecule has 0 amide bonds. The first-order chi connectivity index (χ1) is 9.35. The van der Waals surface area contributed by atoms with Crippen LogP contribution in [0.25, 0.3) is 0 Å². The van der Waals surface area contributed by atoms with Gasteiger partial charge < -0.3 is 9.84 Å². The van der Waals surface area contributed by atoms with Crippen molar-refractivity contribution in [3.8, 4) is 0 Å². The van der Waals surface area contributed by atoms with Crippen molar-refractivity contribution < 1.29 is 22.7 Å². The van der Waals surface area contributed by atoms with Gasteiger partial charge in [-0.25, -0.2) is 17.5 Å². The van der Waals surface area contributed by atoms with Gasteiger partial charge in [-0.2, -0.15) is 0 Å². The number of aliphatic hydroxyl groups excluding tert-OH is 1. The van der Waals surface area contributed by atoms with Crippen LogP contribution in [0.3, 0.4) is 0 Å². The van der Waals surface area contributed by atoms with Crippen LogP contribution in [0.4, 0.5) is 4.39 Å². The van der Waals surface area contributed by atoms with E-state index in [0.717, 1.165) is 6.07 Å². The Morgan fingerprint density at radius 1 is 1.45 bits per heavy atom. The van der Waals surface area contributed by atoms with Crippen molar-refractivity contribution in [1.29, 1.82) is 0 Å². The first-order valence-electron chi connectivity index (χ1n) is 6.26. The molecule has 0 bridgehead atoms. The third-order valence-electron chi connectivity index (χ3n) is 3.01. The fourth-order valence-corrected chi connectivity index (χ4v) is 3.40. The van der Waals surface area contributed by atoms with E-state index >= 15 is 0 Å². The summed E-state index contributed by atoms with van der Waals surface area (Å²) in [4.78, 5) is -0.156. The zero-order valence-electron chi connectivity index (χ0n) is 11.8. The summed E-state index contributed by atoms with van der Waals surface area (Å²) in [5, 5.41) is 9.05. The molecule has 0 saturated heterocycles. The van der Waals surface area contributed by atoms with Crippen LogP contribution < -0.4 is 4.72 Å². The number of aliphatic hydroxyl groups is 1. The number of benzene rings is 1. The highest BCUT2D eigenvalue weighted by Crippen LogP contribution is 2.21. The predicted octanol–water partition coefficient (Wildman–Crippen LogP) is 1.33. The van der Waals surface area contributed by atoms with Gasteiger partial charge >= 0.3 is 0 Å². The molecule has 1 rings (SSSR count). The molecule has 5 nitrogen and oxygen atoms in total. The van der Waals surface area contributed by atoms with E-state index in [1.165, 1.54) is 20.1 Å². The minimum Gasteiger partial charge on any atom is -0.392 e. The monoisotopic (exact) mass is 305 g/mol. The lowest BCUT2D eigenvalue weighted by Gasteiger charge is -2.17. The third kappa shape index (κ3) is 3.99. The summed E-state index contributed by atoms with van der Waals surface area (Å²) in [6, 6.07) is 2.02. The average Bonchev–Trinajstić information content (AvgIpc) is 2.40. The summed E-state index contributed by atoms with van der Waals surface area (Å²) < 4.78 is 45.7. The van der Waals surface area contributed by atoms with E-state index in [9.17, 15) is 12.8 Å². The highest BCUT2D eigenvalue weighted by atomic mass is 32.2. The molecular weight excluding hydrogens is 285 g/mol. The fourth-order valence-electron chi connectivity index (χ4n) is 1.80. The number of methoxy groups -OCH3 is 1. The Hall–Kier alpha value is -1.02. The molecule has 0 heterocycles. The Labute approximate surface area is 118 Å². The number of ether oxygens (including phenoxy) is 1. The summed E-state index contributed by atoms with van der Waals surface area (Å²) in [7, 11) is -2.38. The molecule has 0 aromatic heterocycles. The summed E-state index contributed by atoms with van der Waals surface area (Å²) in [5.74, 6) is -0.656. The second kappa shape index (κ2) is 7.12. The molecule has 0 fully saturated rings. The van der Waals surface area contributed by atoms with E-state index in [1.807, 2.05) is 6.92 Å². The number of hydrogen-bond acceptors (Lipinski definition) is 4. The maximum atomic E-state index is 13.7. The van der Waals surface area contributed by atoms with Gasteiger partial charge in [-0.1, -0.05) is 6.92 Å². The zero-order valence-corrected chi connectivity index (χ0v) is 12.6. The van der Waals surface area contributed by atoms with Crippen LogP contribution in [0.5, 0.6) is 0 Å². The van der Waals surface area contributed by atoms with Gasteiger partial charge in [0.15, 0.2) is 0 Å². The summed E-state index contributed by atoms with van der Waals surface area (Å²) in [6.45, 7) is 3.03. The first-order valence-corrected chi connectivity index (χ1v) is 7.75. The molecule has 114 valence electrons. The van der Waals surface area contributed by atoms with Crippen LogP contribution in [0.1, 0.15) is 24.5 Å². The SMILES string of the molecule is CCC(COC)NS(=O)(=O)c1cc(CO)cc(F)c1C. The normalized spacial score (nSPS) is 13.4. The largest absolute Gasteiger partial charge is 0.392 e. The number of halogens is 1. The van der Waals surface area contributed by atoms with Crippen molar-refractivity contribution in [2.75, 3.05) is 13.7 Å². The molecule has 1 aromatic rings. The van der Waals surface area contributed by atoms with Crippen LogP contribution >= 0.6 is 0 Å². The van der Waals surface area contributed by atoms with E-state index in [-0.39, 0.29) is 28.7 Å². The molecule has 0 aliphatic carbocycles. The van der Waals surface area contributed by atoms with Gasteiger partial charge in [0.1, 0.15) is 5.82 Å². The molecule has 2 N–H and O–H groups in total. The average molecular weight is 305 g/mol. The van der Waals surface area contributed by atoms with Gasteiger partial charge in [-0.15, -0.1) is 0 Å². The maximum absolute atomic E-state index is 13.7. The number of rotatable bonds is 7. The minimum atomic E-state index is -3.86. The third-order valence-corrected chi connectivity index (χ3v) is 4.66. The molecule has 1 unspecified atom stereocenters. The van der Waals surface area contributed by atoms with Gasteiger partial charge in [0.25, 0.3) is 0 Å². The highest BCUT2D eigenvalue weighted by Gasteiger charge is 2.23. The number of hydrogen-bond donors (Lipinski definition) is 2. The van der Waals surface area contributed by atoms with Crippen molar-refractivity contribution in [2.45, 2.75) is 37.8 Å². The van der Waals surface area contributed by atoms with Gasteiger partial charge in [-0.3, -0.25) is 0 Å². The smallest absolute Gasteiger partial charge is 0.241 e. The molecule has 0 spiro atoms. The van der Waals surface area contributed by atoms with Crippen LogP contribution in [0, 0.1) is 12.7 Å². The molecule has 1 aromatic carbocycles. The van der Waals surface area contributed by atoms with E-state index in [1.54, 1.807) is 0 Å². The summed E-state index contributed by atoms with van der Waals surface area (Å²) in [5.41, 5.74) is 0.246. The van der Waals surface area contributed by atoms with Crippen molar-refractivity contribution in [2.24, 2.45) is 0 Å². The van der Waals surface area contributed by atoms with Crippen molar-refractivity contribution in [3.63, 3.8) is 0 Å². The van der Waals surface area contributed by atoms with Gasteiger partial charge in [0, 0.05) is 18.7 Å². The van der Waals surface area contributed by atoms with E-state index in [4.69, 9.17) is 9.84 Å². The lowest BCUT2D eigenvalue weighted by molar-refractivity contribution is 0.173. The Balaban J connectivity index is 3.18. The first kappa shape index (κ1) is 17.0. The Bertz CT molecular complexity index is 560. The van der Waals surface area contributed by atoms with E-state index in [0.29, 0.717) is 6.42 Å². The van der Waals surface area contributed by atoms with Crippen molar-refractivity contribution in [3.05, 3.63) is 29.1 Å². The van der Waals surface area contributed by atoms with E-state index in [2.05, 4.69) is 4.72 Å². The minimum absolute atomic E-state index is 0.0296. The summed E-state index contributed by atoms with van der Waals surface area (Å²) in [6.07, 6.45) is 0.550. The molecule has 0 radical (unpaired) electrons. The van der Waals surface area contributed by atoms with Crippen molar-refractivity contribution >= 4 is 10.0 Å². The lowest BCUT2D eigenvalue weighted by Crippen LogP contribution is -2.37. The molecule has 7 heteroatoms. The van der Waals surface area contributed by atoms with Gasteiger partial charge in [-0.05, 0) is 31.0 Å². The molecule has 0 aliphatic heterocycles. The lowest BCUT2D eigenvalue weighted by atomic mass is 10.1. The Morgan fingerprint density at radius 2 is 2.10 bits per heavy atom. The van der Waals surface area contributed by atoms with Crippen LogP contribution in [-0.4, -0.2) is 33.3 Å². The van der Waals surface area contributed by atoms with Crippen LogP contribution in [0.15, 0.2) is 17.0 Å². The molecule has 20 heavy (non-hydrogen) atoms. The topological polar surface area (TPSA) is 75.6 Å².